The molecule has 0 bridgehead atoms. The van der Waals surface area contributed by atoms with Gasteiger partial charge in [-0.05, 0) is 36.4 Å². The lowest BCUT2D eigenvalue weighted by molar-refractivity contribution is 0.414. The number of hydrogen-bond donors (Lipinski definition) is 0. The quantitative estimate of drug-likeness (QED) is 0.616. The number of rotatable bonds is 5. The first-order valence-electron chi connectivity index (χ1n) is 7.60. The van der Waals surface area contributed by atoms with E-state index in [4.69, 9.17) is 9.47 Å². The Morgan fingerprint density at radius 3 is 2.52 bits per heavy atom. The molecular formula is C20H16N2O2S. The Labute approximate surface area is 150 Å². The summed E-state index contributed by atoms with van der Waals surface area (Å²) in [6.07, 6.45) is 1.80. The fourth-order valence-corrected chi connectivity index (χ4v) is 3.17. The fraction of sp³-hybridized carbons (Fsp3) is 0.100. The van der Waals surface area contributed by atoms with E-state index in [1.807, 2.05) is 53.9 Å². The second-order valence-electron chi connectivity index (χ2n) is 5.18. The molecule has 2 aromatic carbocycles. The maximum absolute atomic E-state index is 9.54. The van der Waals surface area contributed by atoms with Crippen molar-refractivity contribution in [2.24, 2.45) is 0 Å². The molecule has 0 N–H and O–H groups in total. The Morgan fingerprint density at radius 2 is 1.84 bits per heavy atom. The van der Waals surface area contributed by atoms with Gasteiger partial charge >= 0.3 is 0 Å². The van der Waals surface area contributed by atoms with Crippen LogP contribution in [0.3, 0.4) is 0 Å². The van der Waals surface area contributed by atoms with Crippen LogP contribution in [-0.2, 0) is 0 Å². The smallest absolute Gasteiger partial charge is 0.134 e. The Kier molecular flexibility index (Phi) is 5.12. The highest BCUT2D eigenvalue weighted by molar-refractivity contribution is 7.11. The molecule has 1 heterocycles. The van der Waals surface area contributed by atoms with Crippen LogP contribution in [0.1, 0.15) is 10.6 Å². The minimum absolute atomic E-state index is 0.509. The van der Waals surface area contributed by atoms with Crippen LogP contribution in [0, 0.1) is 11.3 Å². The fourth-order valence-electron chi connectivity index (χ4n) is 2.37. The molecule has 0 aliphatic heterocycles. The van der Waals surface area contributed by atoms with Crippen molar-refractivity contribution < 1.29 is 9.47 Å². The summed E-state index contributed by atoms with van der Waals surface area (Å²) in [4.78, 5) is 4.60. The number of aromatic nitrogens is 1. The predicted molar refractivity (Wildman–Crippen MR) is 101 cm³/mol. The number of allylic oxidation sites excluding steroid dienone is 1. The zero-order valence-corrected chi connectivity index (χ0v) is 14.7. The number of para-hydroxylation sites is 1. The highest BCUT2D eigenvalue weighted by Gasteiger charge is 2.10. The van der Waals surface area contributed by atoms with Gasteiger partial charge in [0.1, 0.15) is 22.6 Å². The molecule has 0 unspecified atom stereocenters. The summed E-state index contributed by atoms with van der Waals surface area (Å²) in [5, 5.41) is 12.2. The SMILES string of the molecule is COc1ccc(-c2csc(/C(C#N)=C/c3ccccc3OC)n2)cc1. The van der Waals surface area contributed by atoms with Crippen molar-refractivity contribution in [1.82, 2.24) is 4.98 Å². The van der Waals surface area contributed by atoms with Gasteiger partial charge in [0, 0.05) is 16.5 Å². The summed E-state index contributed by atoms with van der Waals surface area (Å²) in [7, 11) is 3.25. The van der Waals surface area contributed by atoms with E-state index in [9.17, 15) is 5.26 Å². The standard InChI is InChI=1S/C20H16N2O2S/c1-23-17-9-7-14(8-10-17)18-13-25-20(22-18)16(12-21)11-15-5-3-4-6-19(15)24-2/h3-11,13H,1-2H3/b16-11+. The zero-order chi connectivity index (χ0) is 17.6. The number of methoxy groups -OCH3 is 2. The van der Waals surface area contributed by atoms with Gasteiger partial charge in [-0.25, -0.2) is 4.98 Å². The van der Waals surface area contributed by atoms with Gasteiger partial charge in [-0.15, -0.1) is 11.3 Å². The highest BCUT2D eigenvalue weighted by Crippen LogP contribution is 2.29. The molecule has 0 radical (unpaired) electrons. The summed E-state index contributed by atoms with van der Waals surface area (Å²) in [6, 6.07) is 17.5. The number of nitriles is 1. The second kappa shape index (κ2) is 7.65. The minimum atomic E-state index is 0.509. The van der Waals surface area contributed by atoms with Crippen LogP contribution in [-0.4, -0.2) is 19.2 Å². The molecule has 3 rings (SSSR count). The first-order chi connectivity index (χ1) is 12.2. The third-order valence-electron chi connectivity index (χ3n) is 3.68. The number of thiazole rings is 1. The van der Waals surface area contributed by atoms with Gasteiger partial charge in [0.15, 0.2) is 0 Å². The van der Waals surface area contributed by atoms with Crippen molar-refractivity contribution in [3.8, 4) is 28.8 Å². The van der Waals surface area contributed by atoms with Crippen LogP contribution in [0.5, 0.6) is 11.5 Å². The molecule has 0 atom stereocenters. The molecule has 0 saturated carbocycles. The van der Waals surface area contributed by atoms with E-state index >= 15 is 0 Å². The number of benzene rings is 2. The molecule has 0 aliphatic rings. The van der Waals surface area contributed by atoms with Gasteiger partial charge in [0.25, 0.3) is 0 Å². The predicted octanol–water partition coefficient (Wildman–Crippen LogP) is 4.89. The molecule has 5 heteroatoms. The number of ether oxygens (including phenoxy) is 2. The minimum Gasteiger partial charge on any atom is -0.497 e. The molecule has 0 saturated heterocycles. The van der Waals surface area contributed by atoms with E-state index in [2.05, 4.69) is 11.1 Å². The van der Waals surface area contributed by atoms with Crippen molar-refractivity contribution >= 4 is 23.0 Å². The van der Waals surface area contributed by atoms with E-state index in [0.29, 0.717) is 10.6 Å². The number of hydrogen-bond acceptors (Lipinski definition) is 5. The molecular weight excluding hydrogens is 332 g/mol. The molecule has 3 aromatic rings. The van der Waals surface area contributed by atoms with E-state index < -0.39 is 0 Å². The molecule has 4 nitrogen and oxygen atoms in total. The maximum Gasteiger partial charge on any atom is 0.134 e. The van der Waals surface area contributed by atoms with Gasteiger partial charge < -0.3 is 9.47 Å². The van der Waals surface area contributed by atoms with E-state index in [1.54, 1.807) is 20.3 Å². The third kappa shape index (κ3) is 3.70. The maximum atomic E-state index is 9.54. The molecule has 0 aliphatic carbocycles. The van der Waals surface area contributed by atoms with Crippen molar-refractivity contribution in [2.45, 2.75) is 0 Å². The van der Waals surface area contributed by atoms with Crippen LogP contribution in [0.25, 0.3) is 22.9 Å². The largest absolute Gasteiger partial charge is 0.497 e. The average molecular weight is 348 g/mol. The monoisotopic (exact) mass is 348 g/mol. The van der Waals surface area contributed by atoms with Gasteiger partial charge in [-0.2, -0.15) is 5.26 Å². The summed E-state index contributed by atoms with van der Waals surface area (Å²) in [5.41, 5.74) is 3.18. The van der Waals surface area contributed by atoms with Crippen LogP contribution < -0.4 is 9.47 Å². The van der Waals surface area contributed by atoms with E-state index in [-0.39, 0.29) is 0 Å². The van der Waals surface area contributed by atoms with Gasteiger partial charge in [0.05, 0.1) is 25.5 Å². The lowest BCUT2D eigenvalue weighted by Crippen LogP contribution is -1.88. The van der Waals surface area contributed by atoms with Gasteiger partial charge in [-0.3, -0.25) is 0 Å². The first-order valence-corrected chi connectivity index (χ1v) is 8.48. The van der Waals surface area contributed by atoms with Crippen LogP contribution in [0.4, 0.5) is 0 Å². The summed E-state index contributed by atoms with van der Waals surface area (Å²) < 4.78 is 10.5. The second-order valence-corrected chi connectivity index (χ2v) is 6.04. The van der Waals surface area contributed by atoms with E-state index in [1.165, 1.54) is 11.3 Å². The van der Waals surface area contributed by atoms with Crippen molar-refractivity contribution in [2.75, 3.05) is 14.2 Å². The number of nitrogens with zero attached hydrogens (tertiary/aromatic N) is 2. The average Bonchev–Trinajstić information content (AvgIpc) is 3.16. The molecule has 0 spiro atoms. The lowest BCUT2D eigenvalue weighted by Gasteiger charge is -2.04. The van der Waals surface area contributed by atoms with Crippen LogP contribution >= 0.6 is 11.3 Å². The molecule has 0 fully saturated rings. The Hall–Kier alpha value is -3.10. The topological polar surface area (TPSA) is 55.1 Å². The first kappa shape index (κ1) is 16.7. The summed E-state index contributed by atoms with van der Waals surface area (Å²) in [6.45, 7) is 0. The van der Waals surface area contributed by atoms with Crippen LogP contribution in [0.15, 0.2) is 53.9 Å². The molecule has 0 amide bonds. The molecule has 25 heavy (non-hydrogen) atoms. The van der Waals surface area contributed by atoms with Gasteiger partial charge in [-0.1, -0.05) is 18.2 Å². The Morgan fingerprint density at radius 1 is 1.08 bits per heavy atom. The van der Waals surface area contributed by atoms with Crippen molar-refractivity contribution in [3.63, 3.8) is 0 Å². The van der Waals surface area contributed by atoms with Crippen molar-refractivity contribution in [1.29, 1.82) is 5.26 Å². The third-order valence-corrected chi connectivity index (χ3v) is 4.56. The zero-order valence-electron chi connectivity index (χ0n) is 13.9. The molecule has 1 aromatic heterocycles. The van der Waals surface area contributed by atoms with Gasteiger partial charge in [0.2, 0.25) is 0 Å². The van der Waals surface area contributed by atoms with Crippen molar-refractivity contribution in [3.05, 3.63) is 64.5 Å². The summed E-state index contributed by atoms with van der Waals surface area (Å²) in [5.74, 6) is 1.52. The Bertz CT molecular complexity index is 937. The molecule has 124 valence electrons. The Balaban J connectivity index is 1.93. The van der Waals surface area contributed by atoms with E-state index in [0.717, 1.165) is 28.3 Å². The highest BCUT2D eigenvalue weighted by atomic mass is 32.1. The normalized spacial score (nSPS) is 11.0. The summed E-state index contributed by atoms with van der Waals surface area (Å²) >= 11 is 1.45. The lowest BCUT2D eigenvalue weighted by atomic mass is 10.1. The van der Waals surface area contributed by atoms with Crippen LogP contribution in [0.2, 0.25) is 0 Å².